The van der Waals surface area contributed by atoms with E-state index in [2.05, 4.69) is 45.9 Å². The van der Waals surface area contributed by atoms with Crippen LogP contribution in [0.5, 0.6) is 0 Å². The highest BCUT2D eigenvalue weighted by molar-refractivity contribution is 5.31. The Morgan fingerprint density at radius 3 is 2.27 bits per heavy atom. The Bertz CT molecular complexity index is 324. The van der Waals surface area contributed by atoms with Crippen molar-refractivity contribution in [3.05, 3.63) is 34.9 Å². The van der Waals surface area contributed by atoms with Crippen LogP contribution < -0.4 is 5.73 Å². The van der Waals surface area contributed by atoms with E-state index < -0.39 is 0 Å². The molecule has 0 heterocycles. The molecule has 0 saturated carbocycles. The van der Waals surface area contributed by atoms with Crippen molar-refractivity contribution in [3.8, 4) is 0 Å². The summed E-state index contributed by atoms with van der Waals surface area (Å²) in [5, 5.41) is 0. The molecule has 0 radical (unpaired) electrons. The Balaban J connectivity index is 2.92. The summed E-state index contributed by atoms with van der Waals surface area (Å²) in [6.07, 6.45) is 3.07. The van der Waals surface area contributed by atoms with Crippen LogP contribution >= 0.6 is 0 Å². The average molecular weight is 205 g/mol. The first-order chi connectivity index (χ1) is 7.00. The molecule has 0 unspecified atom stereocenters. The number of benzene rings is 1. The van der Waals surface area contributed by atoms with Gasteiger partial charge in [0.05, 0.1) is 0 Å². The lowest BCUT2D eigenvalue weighted by Gasteiger charge is -2.27. The van der Waals surface area contributed by atoms with Gasteiger partial charge in [0.2, 0.25) is 0 Å². The van der Waals surface area contributed by atoms with Gasteiger partial charge in [0.25, 0.3) is 0 Å². The first-order valence-electron chi connectivity index (χ1n) is 5.86. The summed E-state index contributed by atoms with van der Waals surface area (Å²) in [6, 6.07) is 6.62. The third-order valence-electron chi connectivity index (χ3n) is 3.46. The fraction of sp³-hybridized carbons (Fsp3) is 0.571. The van der Waals surface area contributed by atoms with Crippen LogP contribution in [0, 0.1) is 13.8 Å². The lowest BCUT2D eigenvalue weighted by molar-refractivity contribution is 0.392. The molecule has 0 aromatic heterocycles. The van der Waals surface area contributed by atoms with Crippen LogP contribution in [-0.4, -0.2) is 5.54 Å². The van der Waals surface area contributed by atoms with E-state index in [9.17, 15) is 0 Å². The zero-order chi connectivity index (χ0) is 11.5. The van der Waals surface area contributed by atoms with Crippen molar-refractivity contribution in [1.82, 2.24) is 0 Å². The van der Waals surface area contributed by atoms with Crippen LogP contribution in [0.1, 0.15) is 43.4 Å². The molecule has 1 rings (SSSR count). The SMILES string of the molecule is CCC(N)(CC)Cc1cc(C)ccc1C. The molecule has 0 spiro atoms. The van der Waals surface area contributed by atoms with E-state index in [1.54, 1.807) is 0 Å². The first-order valence-corrected chi connectivity index (χ1v) is 5.86. The maximum atomic E-state index is 6.35. The first kappa shape index (κ1) is 12.3. The molecule has 0 fully saturated rings. The molecule has 0 atom stereocenters. The summed E-state index contributed by atoms with van der Waals surface area (Å²) in [6.45, 7) is 8.66. The average Bonchev–Trinajstić information content (AvgIpc) is 2.23. The predicted molar refractivity (Wildman–Crippen MR) is 67.1 cm³/mol. The van der Waals surface area contributed by atoms with Gasteiger partial charge in [0, 0.05) is 5.54 Å². The molecule has 0 aliphatic carbocycles. The molecule has 0 saturated heterocycles. The molecule has 0 bridgehead atoms. The van der Waals surface area contributed by atoms with Gasteiger partial charge in [-0.25, -0.2) is 0 Å². The van der Waals surface area contributed by atoms with Crippen LogP contribution in [0.3, 0.4) is 0 Å². The Labute approximate surface area is 93.7 Å². The second-order valence-corrected chi connectivity index (χ2v) is 4.68. The van der Waals surface area contributed by atoms with Gasteiger partial charge < -0.3 is 5.73 Å². The zero-order valence-electron chi connectivity index (χ0n) is 10.4. The number of aryl methyl sites for hydroxylation is 2. The molecule has 2 N–H and O–H groups in total. The minimum Gasteiger partial charge on any atom is -0.325 e. The van der Waals surface area contributed by atoms with Crippen molar-refractivity contribution in [2.24, 2.45) is 5.73 Å². The van der Waals surface area contributed by atoms with Gasteiger partial charge in [0.15, 0.2) is 0 Å². The molecule has 1 aromatic carbocycles. The van der Waals surface area contributed by atoms with Gasteiger partial charge in [0.1, 0.15) is 0 Å². The van der Waals surface area contributed by atoms with Crippen LogP contribution in [0.2, 0.25) is 0 Å². The van der Waals surface area contributed by atoms with Gasteiger partial charge in [-0.1, -0.05) is 37.6 Å². The Kier molecular flexibility index (Phi) is 3.92. The van der Waals surface area contributed by atoms with Gasteiger partial charge in [-0.15, -0.1) is 0 Å². The Morgan fingerprint density at radius 1 is 1.13 bits per heavy atom. The lowest BCUT2D eigenvalue weighted by atomic mass is 9.85. The van der Waals surface area contributed by atoms with Crippen molar-refractivity contribution < 1.29 is 0 Å². The molecule has 0 amide bonds. The molecule has 1 aromatic rings. The van der Waals surface area contributed by atoms with Crippen molar-refractivity contribution >= 4 is 0 Å². The molecule has 0 aliphatic rings. The monoisotopic (exact) mass is 205 g/mol. The minimum absolute atomic E-state index is 0.0292. The van der Waals surface area contributed by atoms with Crippen molar-refractivity contribution in [1.29, 1.82) is 0 Å². The highest BCUT2D eigenvalue weighted by atomic mass is 14.7. The summed E-state index contributed by atoms with van der Waals surface area (Å²) >= 11 is 0. The van der Waals surface area contributed by atoms with E-state index in [0.717, 1.165) is 19.3 Å². The molecule has 1 heteroatoms. The number of hydrogen-bond acceptors (Lipinski definition) is 1. The van der Waals surface area contributed by atoms with E-state index >= 15 is 0 Å². The summed E-state index contributed by atoms with van der Waals surface area (Å²) in [5.41, 5.74) is 10.4. The van der Waals surface area contributed by atoms with E-state index in [4.69, 9.17) is 5.73 Å². The number of nitrogens with two attached hydrogens (primary N) is 1. The molecule has 1 nitrogen and oxygen atoms in total. The van der Waals surface area contributed by atoms with Crippen LogP contribution in [-0.2, 0) is 6.42 Å². The highest BCUT2D eigenvalue weighted by Crippen LogP contribution is 2.21. The summed E-state index contributed by atoms with van der Waals surface area (Å²) in [5.74, 6) is 0. The quantitative estimate of drug-likeness (QED) is 0.801. The third-order valence-corrected chi connectivity index (χ3v) is 3.46. The fourth-order valence-corrected chi connectivity index (χ4v) is 1.87. The zero-order valence-corrected chi connectivity index (χ0v) is 10.4. The topological polar surface area (TPSA) is 26.0 Å². The van der Waals surface area contributed by atoms with Crippen LogP contribution in [0.25, 0.3) is 0 Å². The fourth-order valence-electron chi connectivity index (χ4n) is 1.87. The van der Waals surface area contributed by atoms with Crippen LogP contribution in [0.15, 0.2) is 18.2 Å². The standard InChI is InChI=1S/C14H23N/c1-5-14(15,6-2)10-13-9-11(3)7-8-12(13)4/h7-9H,5-6,10,15H2,1-4H3. The molecular weight excluding hydrogens is 182 g/mol. The second-order valence-electron chi connectivity index (χ2n) is 4.68. The van der Waals surface area contributed by atoms with Crippen molar-refractivity contribution in [3.63, 3.8) is 0 Å². The largest absolute Gasteiger partial charge is 0.325 e. The Morgan fingerprint density at radius 2 is 1.73 bits per heavy atom. The van der Waals surface area contributed by atoms with E-state index in [1.165, 1.54) is 16.7 Å². The third kappa shape index (κ3) is 3.07. The molecule has 15 heavy (non-hydrogen) atoms. The van der Waals surface area contributed by atoms with Gasteiger partial charge >= 0.3 is 0 Å². The van der Waals surface area contributed by atoms with Gasteiger partial charge in [-0.2, -0.15) is 0 Å². The molecular formula is C14H23N. The summed E-state index contributed by atoms with van der Waals surface area (Å²) in [4.78, 5) is 0. The smallest absolute Gasteiger partial charge is 0.0189 e. The van der Waals surface area contributed by atoms with Gasteiger partial charge in [-0.05, 0) is 44.2 Å². The van der Waals surface area contributed by atoms with E-state index in [0.29, 0.717) is 0 Å². The summed E-state index contributed by atoms with van der Waals surface area (Å²) in [7, 11) is 0. The minimum atomic E-state index is -0.0292. The van der Waals surface area contributed by atoms with E-state index in [-0.39, 0.29) is 5.54 Å². The van der Waals surface area contributed by atoms with Crippen LogP contribution in [0.4, 0.5) is 0 Å². The van der Waals surface area contributed by atoms with E-state index in [1.807, 2.05) is 0 Å². The van der Waals surface area contributed by atoms with Crippen molar-refractivity contribution in [2.75, 3.05) is 0 Å². The maximum absolute atomic E-state index is 6.35. The summed E-state index contributed by atoms with van der Waals surface area (Å²) < 4.78 is 0. The number of rotatable bonds is 4. The van der Waals surface area contributed by atoms with Crippen molar-refractivity contribution in [2.45, 2.75) is 52.5 Å². The second kappa shape index (κ2) is 4.80. The lowest BCUT2D eigenvalue weighted by Crippen LogP contribution is -2.40. The normalized spacial score (nSPS) is 11.8. The molecule has 84 valence electrons. The highest BCUT2D eigenvalue weighted by Gasteiger charge is 2.21. The Hall–Kier alpha value is -0.820. The van der Waals surface area contributed by atoms with Gasteiger partial charge in [-0.3, -0.25) is 0 Å². The predicted octanol–water partition coefficient (Wildman–Crippen LogP) is 3.36. The molecule has 0 aliphatic heterocycles. The number of hydrogen-bond donors (Lipinski definition) is 1. The maximum Gasteiger partial charge on any atom is 0.0189 e.